The minimum Gasteiger partial charge on any atom is -0.381 e. The average molecular weight is 171 g/mol. The molecule has 0 atom stereocenters. The molecule has 3 nitrogen and oxygen atoms in total. The number of likely N-dealkylation sites (N-methyl/N-ethyl adjacent to an activating group) is 1. The summed E-state index contributed by atoms with van der Waals surface area (Å²) in [6, 6.07) is 0. The van der Waals surface area contributed by atoms with Crippen LogP contribution in [0.25, 0.3) is 0 Å². The van der Waals surface area contributed by atoms with E-state index in [4.69, 9.17) is 4.74 Å². The predicted molar refractivity (Wildman–Crippen MR) is 47.1 cm³/mol. The summed E-state index contributed by atoms with van der Waals surface area (Å²) in [6.07, 6.45) is 3.24. The van der Waals surface area contributed by atoms with Gasteiger partial charge >= 0.3 is 0 Å². The molecule has 1 heterocycles. The summed E-state index contributed by atoms with van der Waals surface area (Å²) in [7, 11) is 1.99. The van der Waals surface area contributed by atoms with Crippen molar-refractivity contribution in [3.63, 3.8) is 0 Å². The van der Waals surface area contributed by atoms with Crippen molar-refractivity contribution >= 4 is 6.29 Å². The van der Waals surface area contributed by atoms with Gasteiger partial charge in [-0.3, -0.25) is 4.90 Å². The molecule has 0 N–H and O–H groups in total. The second-order valence-electron chi connectivity index (χ2n) is 3.44. The van der Waals surface area contributed by atoms with Gasteiger partial charge in [-0.1, -0.05) is 0 Å². The fourth-order valence-electron chi connectivity index (χ4n) is 1.57. The van der Waals surface area contributed by atoms with Crippen LogP contribution in [-0.4, -0.2) is 44.5 Å². The molecule has 12 heavy (non-hydrogen) atoms. The predicted octanol–water partition coefficient (Wildman–Crippen LogP) is 0.544. The lowest BCUT2D eigenvalue weighted by atomic mass is 10.00. The Kier molecular flexibility index (Phi) is 4.25. The lowest BCUT2D eigenvalue weighted by Gasteiger charge is -2.25. The van der Waals surface area contributed by atoms with Gasteiger partial charge < -0.3 is 9.53 Å². The van der Waals surface area contributed by atoms with Crippen LogP contribution >= 0.6 is 0 Å². The van der Waals surface area contributed by atoms with E-state index in [-0.39, 0.29) is 0 Å². The van der Waals surface area contributed by atoms with Crippen molar-refractivity contribution in [3.8, 4) is 0 Å². The van der Waals surface area contributed by atoms with E-state index in [1.807, 2.05) is 7.05 Å². The Morgan fingerprint density at radius 2 is 2.17 bits per heavy atom. The largest absolute Gasteiger partial charge is 0.381 e. The zero-order valence-corrected chi connectivity index (χ0v) is 7.66. The summed E-state index contributed by atoms with van der Waals surface area (Å²) < 4.78 is 5.25. The van der Waals surface area contributed by atoms with E-state index in [1.54, 1.807) is 0 Å². The van der Waals surface area contributed by atoms with E-state index < -0.39 is 0 Å². The zero-order chi connectivity index (χ0) is 8.81. The molecule has 0 aliphatic carbocycles. The van der Waals surface area contributed by atoms with E-state index in [1.165, 1.54) is 0 Å². The summed E-state index contributed by atoms with van der Waals surface area (Å²) in [4.78, 5) is 12.3. The van der Waals surface area contributed by atoms with Gasteiger partial charge in [0.05, 0.1) is 6.54 Å². The lowest BCUT2D eigenvalue weighted by Crippen LogP contribution is -2.30. The Balaban J connectivity index is 2.15. The SMILES string of the molecule is CN(CC=O)CC1CCOCC1. The van der Waals surface area contributed by atoms with E-state index >= 15 is 0 Å². The molecule has 1 fully saturated rings. The van der Waals surface area contributed by atoms with Crippen molar-refractivity contribution in [3.05, 3.63) is 0 Å². The van der Waals surface area contributed by atoms with Crippen LogP contribution in [0.2, 0.25) is 0 Å². The fourth-order valence-corrected chi connectivity index (χ4v) is 1.57. The van der Waals surface area contributed by atoms with E-state index in [0.717, 1.165) is 44.8 Å². The second kappa shape index (κ2) is 5.27. The first-order chi connectivity index (χ1) is 5.83. The van der Waals surface area contributed by atoms with E-state index in [0.29, 0.717) is 6.54 Å². The standard InChI is InChI=1S/C9H17NO2/c1-10(4-5-11)8-9-2-6-12-7-3-9/h5,9H,2-4,6-8H2,1H3. The van der Waals surface area contributed by atoms with Crippen LogP contribution in [0, 0.1) is 5.92 Å². The van der Waals surface area contributed by atoms with Gasteiger partial charge in [-0.05, 0) is 25.8 Å². The van der Waals surface area contributed by atoms with E-state index in [9.17, 15) is 4.79 Å². The average Bonchev–Trinajstić information content (AvgIpc) is 2.06. The molecule has 0 unspecified atom stereocenters. The first kappa shape index (κ1) is 9.68. The molecule has 0 spiro atoms. The summed E-state index contributed by atoms with van der Waals surface area (Å²) >= 11 is 0. The van der Waals surface area contributed by atoms with Crippen LogP contribution in [-0.2, 0) is 9.53 Å². The molecule has 0 aromatic rings. The third-order valence-corrected chi connectivity index (χ3v) is 2.30. The number of ether oxygens (including phenoxy) is 1. The molecule has 70 valence electrons. The van der Waals surface area contributed by atoms with Gasteiger partial charge in [-0.2, -0.15) is 0 Å². The molecule has 1 aliphatic rings. The van der Waals surface area contributed by atoms with Crippen molar-refractivity contribution < 1.29 is 9.53 Å². The molecule has 0 aromatic carbocycles. The quantitative estimate of drug-likeness (QED) is 0.578. The third kappa shape index (κ3) is 3.32. The molecular formula is C9H17NO2. The van der Waals surface area contributed by atoms with Crippen molar-refractivity contribution in [1.29, 1.82) is 0 Å². The summed E-state index contributed by atoms with van der Waals surface area (Å²) in [6.45, 7) is 3.36. The molecule has 1 saturated heterocycles. The van der Waals surface area contributed by atoms with Crippen LogP contribution in [0.3, 0.4) is 0 Å². The van der Waals surface area contributed by atoms with Crippen LogP contribution in [0.1, 0.15) is 12.8 Å². The monoisotopic (exact) mass is 171 g/mol. The van der Waals surface area contributed by atoms with Gasteiger partial charge in [0.15, 0.2) is 0 Å². The molecular weight excluding hydrogens is 154 g/mol. The molecule has 0 bridgehead atoms. The maximum atomic E-state index is 10.2. The highest BCUT2D eigenvalue weighted by Crippen LogP contribution is 2.14. The number of carbonyl (C=O) groups is 1. The maximum absolute atomic E-state index is 10.2. The highest BCUT2D eigenvalue weighted by Gasteiger charge is 2.14. The van der Waals surface area contributed by atoms with Crippen molar-refractivity contribution in [1.82, 2.24) is 4.90 Å². The zero-order valence-electron chi connectivity index (χ0n) is 7.66. The number of nitrogens with zero attached hydrogens (tertiary/aromatic N) is 1. The highest BCUT2D eigenvalue weighted by atomic mass is 16.5. The Morgan fingerprint density at radius 3 is 2.75 bits per heavy atom. The number of aldehydes is 1. The normalized spacial score (nSPS) is 19.8. The summed E-state index contributed by atoms with van der Waals surface area (Å²) in [5.41, 5.74) is 0. The van der Waals surface area contributed by atoms with Crippen molar-refractivity contribution in [2.75, 3.05) is 33.4 Å². The number of rotatable bonds is 4. The fraction of sp³-hybridized carbons (Fsp3) is 0.889. The number of carbonyl (C=O) groups excluding carboxylic acids is 1. The van der Waals surface area contributed by atoms with Crippen LogP contribution in [0.5, 0.6) is 0 Å². The lowest BCUT2D eigenvalue weighted by molar-refractivity contribution is -0.108. The van der Waals surface area contributed by atoms with Crippen LogP contribution < -0.4 is 0 Å². The van der Waals surface area contributed by atoms with Crippen LogP contribution in [0.4, 0.5) is 0 Å². The molecule has 3 heteroatoms. The number of hydrogen-bond acceptors (Lipinski definition) is 3. The highest BCUT2D eigenvalue weighted by molar-refractivity contribution is 5.51. The summed E-state index contributed by atoms with van der Waals surface area (Å²) in [5.74, 6) is 0.726. The smallest absolute Gasteiger partial charge is 0.133 e. The Hall–Kier alpha value is -0.410. The molecule has 0 amide bonds. The van der Waals surface area contributed by atoms with Crippen molar-refractivity contribution in [2.24, 2.45) is 5.92 Å². The minimum atomic E-state index is 0.553. The Bertz CT molecular complexity index is 132. The minimum absolute atomic E-state index is 0.553. The number of hydrogen-bond donors (Lipinski definition) is 0. The van der Waals surface area contributed by atoms with E-state index in [2.05, 4.69) is 4.90 Å². The first-order valence-corrected chi connectivity index (χ1v) is 4.53. The van der Waals surface area contributed by atoms with Crippen molar-refractivity contribution in [2.45, 2.75) is 12.8 Å². The topological polar surface area (TPSA) is 29.5 Å². The van der Waals surface area contributed by atoms with Gasteiger partial charge in [0.1, 0.15) is 6.29 Å². The maximum Gasteiger partial charge on any atom is 0.133 e. The van der Waals surface area contributed by atoms with Crippen LogP contribution in [0.15, 0.2) is 0 Å². The molecule has 1 aliphatic heterocycles. The van der Waals surface area contributed by atoms with Gasteiger partial charge in [0.2, 0.25) is 0 Å². The molecule has 0 radical (unpaired) electrons. The van der Waals surface area contributed by atoms with Gasteiger partial charge in [-0.15, -0.1) is 0 Å². The Morgan fingerprint density at radius 1 is 1.50 bits per heavy atom. The second-order valence-corrected chi connectivity index (χ2v) is 3.44. The molecule has 0 aromatic heterocycles. The molecule has 0 saturated carbocycles. The van der Waals surface area contributed by atoms with Gasteiger partial charge in [0, 0.05) is 19.8 Å². The van der Waals surface area contributed by atoms with Gasteiger partial charge in [0.25, 0.3) is 0 Å². The summed E-state index contributed by atoms with van der Waals surface area (Å²) in [5, 5.41) is 0. The third-order valence-electron chi connectivity index (χ3n) is 2.30. The Labute approximate surface area is 73.7 Å². The molecule has 1 rings (SSSR count). The van der Waals surface area contributed by atoms with Gasteiger partial charge in [-0.25, -0.2) is 0 Å². The first-order valence-electron chi connectivity index (χ1n) is 4.53.